The summed E-state index contributed by atoms with van der Waals surface area (Å²) >= 11 is 12.3. The van der Waals surface area contributed by atoms with Crippen LogP contribution < -0.4 is 4.90 Å². The number of aryl methyl sites for hydroxylation is 1. The predicted octanol–water partition coefficient (Wildman–Crippen LogP) is 5.84. The average Bonchev–Trinajstić information content (AvgIpc) is 3.06. The second kappa shape index (κ2) is 8.69. The summed E-state index contributed by atoms with van der Waals surface area (Å²) < 4.78 is 0. The van der Waals surface area contributed by atoms with Gasteiger partial charge in [-0.25, -0.2) is 0 Å². The molecule has 1 N–H and O–H groups in total. The minimum Gasteiger partial charge on any atom is -0.507 e. The first-order valence-corrected chi connectivity index (χ1v) is 10.5. The van der Waals surface area contributed by atoms with Crippen LogP contribution in [-0.4, -0.2) is 21.7 Å². The van der Waals surface area contributed by atoms with E-state index >= 15 is 0 Å². The number of Topliss-reactive ketones (excluding diaryl/α,β-unsaturated/α-hetero) is 1. The highest BCUT2D eigenvalue weighted by molar-refractivity contribution is 6.51. The van der Waals surface area contributed by atoms with Crippen molar-refractivity contribution in [2.75, 3.05) is 4.90 Å². The molecule has 3 aromatic carbocycles. The van der Waals surface area contributed by atoms with Crippen molar-refractivity contribution in [3.63, 3.8) is 0 Å². The quantitative estimate of drug-likeness (QED) is 0.165. The number of non-ortho nitro benzene ring substituents is 1. The van der Waals surface area contributed by atoms with Crippen LogP contribution in [0.4, 0.5) is 11.4 Å². The van der Waals surface area contributed by atoms with Gasteiger partial charge >= 0.3 is 0 Å². The van der Waals surface area contributed by atoms with E-state index in [2.05, 4.69) is 0 Å². The molecule has 1 aliphatic heterocycles. The fourth-order valence-electron chi connectivity index (χ4n) is 3.70. The Morgan fingerprint density at radius 2 is 1.61 bits per heavy atom. The Morgan fingerprint density at radius 3 is 2.18 bits per heavy atom. The third-order valence-electron chi connectivity index (χ3n) is 5.37. The number of halogens is 2. The van der Waals surface area contributed by atoms with Crippen LogP contribution in [0.5, 0.6) is 0 Å². The number of amides is 1. The molecule has 1 fully saturated rings. The molecule has 1 amide bonds. The van der Waals surface area contributed by atoms with Crippen LogP contribution in [-0.2, 0) is 9.59 Å². The van der Waals surface area contributed by atoms with E-state index in [0.29, 0.717) is 16.3 Å². The van der Waals surface area contributed by atoms with E-state index in [1.54, 1.807) is 36.4 Å². The van der Waals surface area contributed by atoms with Gasteiger partial charge in [0.05, 0.1) is 26.6 Å². The Balaban J connectivity index is 1.93. The van der Waals surface area contributed by atoms with Crippen molar-refractivity contribution in [3.05, 3.63) is 109 Å². The Hall–Kier alpha value is -3.68. The van der Waals surface area contributed by atoms with Crippen molar-refractivity contribution in [3.8, 4) is 0 Å². The van der Waals surface area contributed by atoms with Crippen LogP contribution in [0, 0.1) is 17.0 Å². The van der Waals surface area contributed by atoms with Crippen molar-refractivity contribution in [1.82, 2.24) is 0 Å². The van der Waals surface area contributed by atoms with Gasteiger partial charge in [-0.2, -0.15) is 0 Å². The van der Waals surface area contributed by atoms with Crippen molar-refractivity contribution in [1.29, 1.82) is 0 Å². The van der Waals surface area contributed by atoms with Crippen molar-refractivity contribution in [2.45, 2.75) is 13.0 Å². The maximum Gasteiger partial charge on any atom is 0.300 e. The summed E-state index contributed by atoms with van der Waals surface area (Å²) in [6.07, 6.45) is 0. The summed E-state index contributed by atoms with van der Waals surface area (Å²) in [4.78, 5) is 37.9. The standard InChI is InChI=1S/C24H16Cl2N2O5/c1-13-2-7-16(8-3-13)27-21(15-6-11-18(25)19(26)12-15)20(23(30)24(27)31)22(29)14-4-9-17(10-5-14)28(32)33/h2-12,21,29H,1H3/b22-20-. The van der Waals surface area contributed by atoms with Gasteiger partial charge in [0.2, 0.25) is 0 Å². The first-order valence-electron chi connectivity index (χ1n) is 9.76. The Labute approximate surface area is 198 Å². The molecule has 0 aromatic heterocycles. The molecule has 1 heterocycles. The van der Waals surface area contributed by atoms with Gasteiger partial charge in [0.1, 0.15) is 5.76 Å². The molecule has 166 valence electrons. The van der Waals surface area contributed by atoms with Crippen molar-refractivity contribution < 1.29 is 19.6 Å². The van der Waals surface area contributed by atoms with Crippen LogP contribution in [0.1, 0.15) is 22.7 Å². The molecule has 1 atom stereocenters. The highest BCUT2D eigenvalue weighted by Crippen LogP contribution is 2.43. The monoisotopic (exact) mass is 482 g/mol. The van der Waals surface area contributed by atoms with E-state index in [1.807, 2.05) is 6.92 Å². The van der Waals surface area contributed by atoms with Crippen LogP contribution in [0.2, 0.25) is 10.0 Å². The number of anilines is 1. The molecule has 1 unspecified atom stereocenters. The SMILES string of the molecule is Cc1ccc(N2C(=O)C(=O)/C(=C(\O)c3ccc([N+](=O)[O-])cc3)C2c2ccc(Cl)c(Cl)c2)cc1. The minimum atomic E-state index is -0.988. The van der Waals surface area contributed by atoms with Crippen LogP contribution in [0.15, 0.2) is 72.3 Å². The van der Waals surface area contributed by atoms with E-state index < -0.39 is 28.4 Å². The molecule has 0 bridgehead atoms. The van der Waals surface area contributed by atoms with Crippen LogP contribution in [0.25, 0.3) is 5.76 Å². The second-order valence-electron chi connectivity index (χ2n) is 7.48. The van der Waals surface area contributed by atoms with Gasteiger partial charge in [-0.1, -0.05) is 47.0 Å². The number of aliphatic hydroxyl groups excluding tert-OH is 1. The number of nitro benzene ring substituents is 1. The summed E-state index contributed by atoms with van der Waals surface area (Å²) in [5, 5.41) is 22.5. The minimum absolute atomic E-state index is 0.159. The lowest BCUT2D eigenvalue weighted by molar-refractivity contribution is -0.384. The third kappa shape index (κ3) is 4.08. The van der Waals surface area contributed by atoms with E-state index in [4.69, 9.17) is 23.2 Å². The lowest BCUT2D eigenvalue weighted by Gasteiger charge is -2.25. The number of ketones is 1. The van der Waals surface area contributed by atoms with Gasteiger partial charge < -0.3 is 5.11 Å². The molecule has 7 nitrogen and oxygen atoms in total. The Bertz CT molecular complexity index is 1320. The first kappa shape index (κ1) is 22.5. The van der Waals surface area contributed by atoms with Crippen LogP contribution >= 0.6 is 23.2 Å². The zero-order chi connectivity index (χ0) is 23.9. The molecule has 4 rings (SSSR count). The zero-order valence-corrected chi connectivity index (χ0v) is 18.7. The highest BCUT2D eigenvalue weighted by atomic mass is 35.5. The van der Waals surface area contributed by atoms with Gasteiger partial charge in [-0.05, 0) is 48.9 Å². The Kier molecular flexibility index (Phi) is 5.93. The molecule has 3 aromatic rings. The Morgan fingerprint density at radius 1 is 0.970 bits per heavy atom. The molecule has 9 heteroatoms. The average molecular weight is 483 g/mol. The van der Waals surface area contributed by atoms with Gasteiger partial charge in [0.25, 0.3) is 17.4 Å². The molecule has 0 saturated carbocycles. The molecule has 0 radical (unpaired) electrons. The van der Waals surface area contributed by atoms with E-state index in [0.717, 1.165) is 5.56 Å². The maximum absolute atomic E-state index is 13.1. The number of benzene rings is 3. The normalized spacial score (nSPS) is 17.4. The lowest BCUT2D eigenvalue weighted by Crippen LogP contribution is -2.29. The molecular weight excluding hydrogens is 467 g/mol. The summed E-state index contributed by atoms with van der Waals surface area (Å²) in [5.41, 5.74) is 1.72. The lowest BCUT2D eigenvalue weighted by atomic mass is 9.95. The summed E-state index contributed by atoms with van der Waals surface area (Å²) in [6, 6.07) is 15.8. The molecule has 0 spiro atoms. The number of rotatable bonds is 4. The van der Waals surface area contributed by atoms with Crippen molar-refractivity contribution >= 4 is 52.0 Å². The fraction of sp³-hybridized carbons (Fsp3) is 0.0833. The third-order valence-corrected chi connectivity index (χ3v) is 6.11. The largest absolute Gasteiger partial charge is 0.507 e. The van der Waals surface area contributed by atoms with Gasteiger partial charge in [-0.3, -0.25) is 24.6 Å². The number of carbonyl (C=O) groups excluding carboxylic acids is 2. The second-order valence-corrected chi connectivity index (χ2v) is 8.30. The number of hydrogen-bond acceptors (Lipinski definition) is 5. The van der Waals surface area contributed by atoms with Crippen molar-refractivity contribution in [2.24, 2.45) is 0 Å². The number of carbonyl (C=O) groups is 2. The smallest absolute Gasteiger partial charge is 0.300 e. The maximum atomic E-state index is 13.1. The van der Waals surface area contributed by atoms with Crippen LogP contribution in [0.3, 0.4) is 0 Å². The number of nitro groups is 1. The zero-order valence-electron chi connectivity index (χ0n) is 17.2. The van der Waals surface area contributed by atoms with Gasteiger partial charge in [0, 0.05) is 23.4 Å². The first-order chi connectivity index (χ1) is 15.7. The number of aliphatic hydroxyl groups is 1. The number of hydrogen-bond donors (Lipinski definition) is 1. The number of nitrogens with zero attached hydrogens (tertiary/aromatic N) is 2. The molecular formula is C24H16Cl2N2O5. The summed E-state index contributed by atoms with van der Waals surface area (Å²) in [5.74, 6) is -2.16. The van der Waals surface area contributed by atoms with Gasteiger partial charge in [0.15, 0.2) is 0 Å². The summed E-state index contributed by atoms with van der Waals surface area (Å²) in [6.45, 7) is 1.89. The topological polar surface area (TPSA) is 101 Å². The predicted molar refractivity (Wildman–Crippen MR) is 126 cm³/mol. The summed E-state index contributed by atoms with van der Waals surface area (Å²) in [7, 11) is 0. The fourth-order valence-corrected chi connectivity index (χ4v) is 4.01. The molecule has 0 aliphatic carbocycles. The molecule has 33 heavy (non-hydrogen) atoms. The van der Waals surface area contributed by atoms with E-state index in [9.17, 15) is 24.8 Å². The van der Waals surface area contributed by atoms with Gasteiger partial charge in [-0.15, -0.1) is 0 Å². The van der Waals surface area contributed by atoms with E-state index in [1.165, 1.54) is 35.2 Å². The molecule has 1 aliphatic rings. The molecule has 1 saturated heterocycles. The van der Waals surface area contributed by atoms with E-state index in [-0.39, 0.29) is 21.8 Å². The highest BCUT2D eigenvalue weighted by Gasteiger charge is 2.47.